The SMILES string of the molecule is CC(C)c1nccn1C(C)C(=O)N1CCN(c2cc(=O)[nH]c(N)n2)CC1. The number of nitrogens with zero attached hydrogens (tertiary/aromatic N) is 5. The van der Waals surface area contributed by atoms with E-state index in [1.165, 1.54) is 6.07 Å². The molecule has 1 atom stereocenters. The van der Waals surface area contributed by atoms with E-state index in [-0.39, 0.29) is 29.4 Å². The Hall–Kier alpha value is -2.84. The average Bonchev–Trinajstić information content (AvgIpc) is 3.10. The molecule has 9 nitrogen and oxygen atoms in total. The molecule has 0 radical (unpaired) electrons. The van der Waals surface area contributed by atoms with Gasteiger partial charge < -0.3 is 20.1 Å². The number of nitrogens with two attached hydrogens (primary N) is 1. The highest BCUT2D eigenvalue weighted by Gasteiger charge is 2.27. The lowest BCUT2D eigenvalue weighted by molar-refractivity contribution is -0.134. The van der Waals surface area contributed by atoms with Crippen LogP contribution in [-0.2, 0) is 4.79 Å². The lowest BCUT2D eigenvalue weighted by Gasteiger charge is -2.36. The maximum Gasteiger partial charge on any atom is 0.254 e. The van der Waals surface area contributed by atoms with Crippen LogP contribution in [0.3, 0.4) is 0 Å². The van der Waals surface area contributed by atoms with E-state index in [0.29, 0.717) is 32.0 Å². The zero-order valence-corrected chi connectivity index (χ0v) is 15.3. The van der Waals surface area contributed by atoms with E-state index in [0.717, 1.165) is 5.82 Å². The number of piperazine rings is 1. The summed E-state index contributed by atoms with van der Waals surface area (Å²) in [5.41, 5.74) is 5.33. The molecule has 1 aliphatic rings. The molecule has 1 amide bonds. The zero-order valence-electron chi connectivity index (χ0n) is 15.3. The normalized spacial score (nSPS) is 16.2. The third-order valence-corrected chi connectivity index (χ3v) is 4.65. The highest BCUT2D eigenvalue weighted by molar-refractivity contribution is 5.80. The number of rotatable bonds is 4. The van der Waals surface area contributed by atoms with Gasteiger partial charge >= 0.3 is 0 Å². The number of aromatic nitrogens is 4. The third-order valence-electron chi connectivity index (χ3n) is 4.65. The molecule has 1 saturated heterocycles. The monoisotopic (exact) mass is 359 g/mol. The average molecular weight is 359 g/mol. The molecule has 0 bridgehead atoms. The second-order valence-electron chi connectivity index (χ2n) is 6.82. The second-order valence-corrected chi connectivity index (χ2v) is 6.82. The number of nitrogen functional groups attached to an aromatic ring is 1. The van der Waals surface area contributed by atoms with Crippen LogP contribution in [0.15, 0.2) is 23.3 Å². The fourth-order valence-corrected chi connectivity index (χ4v) is 3.26. The van der Waals surface area contributed by atoms with Crippen molar-refractivity contribution in [2.24, 2.45) is 0 Å². The third kappa shape index (κ3) is 3.56. The quantitative estimate of drug-likeness (QED) is 0.826. The fourth-order valence-electron chi connectivity index (χ4n) is 3.26. The molecule has 2 aromatic rings. The van der Waals surface area contributed by atoms with Crippen LogP contribution in [0.1, 0.15) is 38.6 Å². The van der Waals surface area contributed by atoms with E-state index in [4.69, 9.17) is 5.73 Å². The van der Waals surface area contributed by atoms with Crippen molar-refractivity contribution in [1.29, 1.82) is 0 Å². The molecule has 1 unspecified atom stereocenters. The lowest BCUT2D eigenvalue weighted by Crippen LogP contribution is -2.50. The number of hydrogen-bond donors (Lipinski definition) is 2. The van der Waals surface area contributed by atoms with Crippen molar-refractivity contribution in [3.8, 4) is 0 Å². The van der Waals surface area contributed by atoms with Crippen molar-refractivity contribution in [1.82, 2.24) is 24.4 Å². The summed E-state index contributed by atoms with van der Waals surface area (Å²) in [6, 6.07) is 1.13. The number of carbonyl (C=O) groups excluding carboxylic acids is 1. The van der Waals surface area contributed by atoms with Crippen molar-refractivity contribution >= 4 is 17.7 Å². The van der Waals surface area contributed by atoms with Crippen LogP contribution in [-0.4, -0.2) is 56.5 Å². The Bertz CT molecular complexity index is 834. The van der Waals surface area contributed by atoms with Crippen LogP contribution in [0.2, 0.25) is 0 Å². The molecule has 3 rings (SSSR count). The van der Waals surface area contributed by atoms with Gasteiger partial charge in [-0.15, -0.1) is 0 Å². The smallest absolute Gasteiger partial charge is 0.254 e. The van der Waals surface area contributed by atoms with Crippen molar-refractivity contribution in [2.45, 2.75) is 32.7 Å². The first-order valence-corrected chi connectivity index (χ1v) is 8.80. The van der Waals surface area contributed by atoms with E-state index in [2.05, 4.69) is 28.8 Å². The summed E-state index contributed by atoms with van der Waals surface area (Å²) >= 11 is 0. The van der Waals surface area contributed by atoms with Gasteiger partial charge in [0.2, 0.25) is 11.9 Å². The zero-order chi connectivity index (χ0) is 18.8. The molecule has 26 heavy (non-hydrogen) atoms. The maximum atomic E-state index is 12.9. The van der Waals surface area contributed by atoms with Gasteiger partial charge in [-0.25, -0.2) is 4.98 Å². The number of anilines is 2. The van der Waals surface area contributed by atoms with E-state index in [1.807, 2.05) is 27.5 Å². The number of carbonyl (C=O) groups is 1. The van der Waals surface area contributed by atoms with E-state index in [9.17, 15) is 9.59 Å². The summed E-state index contributed by atoms with van der Waals surface area (Å²) in [7, 11) is 0. The predicted molar refractivity (Wildman–Crippen MR) is 99.1 cm³/mol. The summed E-state index contributed by atoms with van der Waals surface area (Å²) in [6.07, 6.45) is 3.59. The first kappa shape index (κ1) is 18.0. The van der Waals surface area contributed by atoms with Gasteiger partial charge in [-0.2, -0.15) is 4.98 Å². The molecule has 0 saturated carbocycles. The minimum atomic E-state index is -0.296. The van der Waals surface area contributed by atoms with E-state index in [1.54, 1.807) is 6.20 Å². The molecule has 3 N–H and O–H groups in total. The Morgan fingerprint density at radius 3 is 2.54 bits per heavy atom. The summed E-state index contributed by atoms with van der Waals surface area (Å²) in [4.78, 5) is 39.2. The Balaban J connectivity index is 1.66. The molecule has 140 valence electrons. The molecule has 1 fully saturated rings. The minimum absolute atomic E-state index is 0.0722. The second kappa shape index (κ2) is 7.19. The van der Waals surface area contributed by atoms with Crippen LogP contribution in [0.25, 0.3) is 0 Å². The highest BCUT2D eigenvalue weighted by Crippen LogP contribution is 2.20. The first-order valence-electron chi connectivity index (χ1n) is 8.80. The van der Waals surface area contributed by atoms with Gasteiger partial charge in [0.05, 0.1) is 0 Å². The molecule has 0 aromatic carbocycles. The van der Waals surface area contributed by atoms with Gasteiger partial charge in [-0.05, 0) is 6.92 Å². The standard InChI is InChI=1S/C17H25N7O2/c1-11(2)15-19-4-5-24(15)12(3)16(26)23-8-6-22(7-9-23)13-10-14(25)21-17(18)20-13/h4-5,10-12H,6-9H2,1-3H3,(H3,18,20,21,25). The Morgan fingerprint density at radius 2 is 1.92 bits per heavy atom. The van der Waals surface area contributed by atoms with Gasteiger partial charge in [0.1, 0.15) is 17.7 Å². The Labute approximate surface area is 151 Å². The fraction of sp³-hybridized carbons (Fsp3) is 0.529. The first-order chi connectivity index (χ1) is 12.4. The number of amides is 1. The highest BCUT2D eigenvalue weighted by atomic mass is 16.2. The number of nitrogens with one attached hydrogen (secondary N) is 1. The Morgan fingerprint density at radius 1 is 1.23 bits per heavy atom. The molecular weight excluding hydrogens is 334 g/mol. The summed E-state index contributed by atoms with van der Waals surface area (Å²) in [6.45, 7) is 8.39. The van der Waals surface area contributed by atoms with Crippen LogP contribution in [0.4, 0.5) is 11.8 Å². The van der Waals surface area contributed by atoms with Crippen molar-refractivity contribution in [3.63, 3.8) is 0 Å². The van der Waals surface area contributed by atoms with Crippen LogP contribution in [0, 0.1) is 0 Å². The predicted octanol–water partition coefficient (Wildman–Crippen LogP) is 0.582. The minimum Gasteiger partial charge on any atom is -0.369 e. The van der Waals surface area contributed by atoms with E-state index >= 15 is 0 Å². The van der Waals surface area contributed by atoms with Crippen LogP contribution < -0.4 is 16.2 Å². The lowest BCUT2D eigenvalue weighted by atomic mass is 10.2. The summed E-state index contributed by atoms with van der Waals surface area (Å²) in [5, 5.41) is 0. The van der Waals surface area contributed by atoms with Gasteiger partial charge in [-0.3, -0.25) is 14.6 Å². The van der Waals surface area contributed by atoms with Crippen LogP contribution >= 0.6 is 0 Å². The number of hydrogen-bond acceptors (Lipinski definition) is 6. The van der Waals surface area contributed by atoms with E-state index < -0.39 is 0 Å². The Kier molecular flexibility index (Phi) is 4.97. The maximum absolute atomic E-state index is 12.9. The van der Waals surface area contributed by atoms with Crippen molar-refractivity contribution in [2.75, 3.05) is 36.8 Å². The topological polar surface area (TPSA) is 113 Å². The number of H-pyrrole nitrogens is 1. The van der Waals surface area contributed by atoms with Gasteiger partial charge in [0, 0.05) is 50.6 Å². The van der Waals surface area contributed by atoms with Crippen molar-refractivity contribution < 1.29 is 4.79 Å². The summed E-state index contributed by atoms with van der Waals surface area (Å²) in [5.74, 6) is 1.88. The van der Waals surface area contributed by atoms with Crippen molar-refractivity contribution in [3.05, 3.63) is 34.6 Å². The molecular formula is C17H25N7O2. The molecule has 1 aliphatic heterocycles. The molecule has 0 aliphatic carbocycles. The largest absolute Gasteiger partial charge is 0.369 e. The molecule has 3 heterocycles. The molecule has 2 aromatic heterocycles. The summed E-state index contributed by atoms with van der Waals surface area (Å²) < 4.78 is 1.94. The van der Waals surface area contributed by atoms with Crippen LogP contribution in [0.5, 0.6) is 0 Å². The van der Waals surface area contributed by atoms with Gasteiger partial charge in [0.25, 0.3) is 5.56 Å². The van der Waals surface area contributed by atoms with Gasteiger partial charge in [-0.1, -0.05) is 13.8 Å². The molecule has 9 heteroatoms. The number of aromatic amines is 1. The molecule has 0 spiro atoms. The van der Waals surface area contributed by atoms with Gasteiger partial charge in [0.15, 0.2) is 0 Å². The number of imidazole rings is 1.